The largest absolute Gasteiger partial charge is 0.484 e. The zero-order valence-electron chi connectivity index (χ0n) is 15.3. The van der Waals surface area contributed by atoms with Gasteiger partial charge in [0.25, 0.3) is 11.6 Å². The molecule has 142 valence electrons. The van der Waals surface area contributed by atoms with E-state index >= 15 is 0 Å². The number of carbonyl (C=O) groups excluding carboxylic acids is 1. The number of amides is 1. The number of rotatable bonds is 6. The van der Waals surface area contributed by atoms with Crippen molar-refractivity contribution >= 4 is 34.6 Å². The number of aryl methyl sites for hydroxylation is 1. The number of nitrogens with zero attached hydrogens (tertiary/aromatic N) is 1. The Hall–Kier alpha value is -3.00. The van der Waals surface area contributed by atoms with E-state index in [4.69, 9.17) is 17.0 Å². The lowest BCUT2D eigenvalue weighted by Crippen LogP contribution is -2.37. The number of nitro groups is 1. The molecule has 0 saturated carbocycles. The van der Waals surface area contributed by atoms with E-state index in [0.29, 0.717) is 17.4 Å². The first-order valence-electron chi connectivity index (χ1n) is 8.35. The van der Waals surface area contributed by atoms with Gasteiger partial charge in [-0.2, -0.15) is 0 Å². The fourth-order valence-electron chi connectivity index (χ4n) is 2.56. The van der Waals surface area contributed by atoms with Crippen LogP contribution in [0.5, 0.6) is 5.75 Å². The first kappa shape index (κ1) is 20.3. The van der Waals surface area contributed by atoms with Crippen LogP contribution < -0.4 is 15.4 Å². The van der Waals surface area contributed by atoms with E-state index in [2.05, 4.69) is 24.5 Å². The highest BCUT2D eigenvalue weighted by molar-refractivity contribution is 7.80. The van der Waals surface area contributed by atoms with Gasteiger partial charge in [0.2, 0.25) is 0 Å². The van der Waals surface area contributed by atoms with Crippen LogP contribution in [0.2, 0.25) is 0 Å². The second-order valence-electron chi connectivity index (χ2n) is 6.27. The van der Waals surface area contributed by atoms with E-state index in [9.17, 15) is 14.9 Å². The van der Waals surface area contributed by atoms with Gasteiger partial charge in [-0.25, -0.2) is 0 Å². The van der Waals surface area contributed by atoms with Crippen LogP contribution >= 0.6 is 12.2 Å². The predicted octanol–water partition coefficient (Wildman–Crippen LogP) is 3.92. The van der Waals surface area contributed by atoms with Crippen LogP contribution in [0.4, 0.5) is 11.4 Å². The zero-order valence-corrected chi connectivity index (χ0v) is 16.1. The molecule has 1 amide bonds. The van der Waals surface area contributed by atoms with E-state index < -0.39 is 10.8 Å². The molecule has 0 spiro atoms. The van der Waals surface area contributed by atoms with E-state index in [1.54, 1.807) is 6.07 Å². The van der Waals surface area contributed by atoms with Gasteiger partial charge in [-0.1, -0.05) is 26.0 Å². The molecule has 0 radical (unpaired) electrons. The Morgan fingerprint density at radius 3 is 2.63 bits per heavy atom. The van der Waals surface area contributed by atoms with Gasteiger partial charge in [0.1, 0.15) is 5.75 Å². The highest BCUT2D eigenvalue weighted by Gasteiger charge is 2.10. The van der Waals surface area contributed by atoms with E-state index in [-0.39, 0.29) is 17.4 Å². The molecular formula is C19H21N3O4S. The average molecular weight is 387 g/mol. The number of non-ortho nitro benzene ring substituents is 1. The molecule has 0 atom stereocenters. The summed E-state index contributed by atoms with van der Waals surface area (Å²) in [6.07, 6.45) is 0. The molecule has 0 bridgehead atoms. The highest BCUT2D eigenvalue weighted by atomic mass is 32.1. The van der Waals surface area contributed by atoms with Gasteiger partial charge in [0.05, 0.1) is 4.92 Å². The molecule has 0 aliphatic carbocycles. The molecule has 0 aliphatic heterocycles. The first-order chi connectivity index (χ1) is 12.8. The number of ether oxygens (including phenoxy) is 1. The van der Waals surface area contributed by atoms with Crippen LogP contribution in [-0.2, 0) is 4.79 Å². The molecule has 0 aromatic heterocycles. The van der Waals surface area contributed by atoms with Crippen molar-refractivity contribution in [2.75, 3.05) is 11.9 Å². The Morgan fingerprint density at radius 2 is 2.00 bits per heavy atom. The molecule has 0 fully saturated rings. The molecule has 2 N–H and O–H groups in total. The summed E-state index contributed by atoms with van der Waals surface area (Å²) in [5.74, 6) is 0.590. The molecule has 0 aliphatic rings. The standard InChI is InChI=1S/C19H21N3O4S/c1-12(2)17-8-7-16(9-13(17)3)26-11-18(23)21-19(27)20-14-5-4-6-15(10-14)22(24)25/h4-10,12H,11H2,1-3H3,(H2,20,21,23,27). The number of benzene rings is 2. The smallest absolute Gasteiger partial charge is 0.271 e. The van der Waals surface area contributed by atoms with Crippen molar-refractivity contribution in [3.05, 3.63) is 63.7 Å². The topological polar surface area (TPSA) is 93.5 Å². The average Bonchev–Trinajstić information content (AvgIpc) is 2.59. The summed E-state index contributed by atoms with van der Waals surface area (Å²) in [5, 5.41) is 16.0. The number of hydrogen-bond acceptors (Lipinski definition) is 5. The fourth-order valence-corrected chi connectivity index (χ4v) is 2.79. The lowest BCUT2D eigenvalue weighted by molar-refractivity contribution is -0.384. The van der Waals surface area contributed by atoms with Gasteiger partial charge >= 0.3 is 0 Å². The molecule has 0 saturated heterocycles. The Labute approximate surface area is 162 Å². The van der Waals surface area contributed by atoms with Gasteiger partial charge in [-0.05, 0) is 54.4 Å². The van der Waals surface area contributed by atoms with E-state index in [1.165, 1.54) is 23.8 Å². The highest BCUT2D eigenvalue weighted by Crippen LogP contribution is 2.23. The van der Waals surface area contributed by atoms with Gasteiger partial charge in [-0.3, -0.25) is 20.2 Å². The zero-order chi connectivity index (χ0) is 20.0. The molecule has 27 heavy (non-hydrogen) atoms. The summed E-state index contributed by atoms with van der Waals surface area (Å²) >= 11 is 5.05. The molecule has 8 heteroatoms. The van der Waals surface area contributed by atoms with Crippen molar-refractivity contribution < 1.29 is 14.5 Å². The summed E-state index contributed by atoms with van der Waals surface area (Å²) in [5.41, 5.74) is 2.67. The molecule has 2 aromatic rings. The Bertz CT molecular complexity index is 868. The third kappa shape index (κ3) is 6.03. The van der Waals surface area contributed by atoms with Crippen molar-refractivity contribution in [1.29, 1.82) is 0 Å². The molecular weight excluding hydrogens is 366 g/mol. The lowest BCUT2D eigenvalue weighted by Gasteiger charge is -2.13. The lowest BCUT2D eigenvalue weighted by atomic mass is 9.98. The summed E-state index contributed by atoms with van der Waals surface area (Å²) in [7, 11) is 0. The number of anilines is 1. The van der Waals surface area contributed by atoms with Crippen molar-refractivity contribution in [3.63, 3.8) is 0 Å². The summed E-state index contributed by atoms with van der Waals surface area (Å²) in [6, 6.07) is 11.5. The molecule has 0 unspecified atom stereocenters. The Balaban J connectivity index is 1.86. The molecule has 0 heterocycles. The van der Waals surface area contributed by atoms with Crippen molar-refractivity contribution in [3.8, 4) is 5.75 Å². The normalized spacial score (nSPS) is 10.4. The van der Waals surface area contributed by atoms with Crippen LogP contribution in [-0.4, -0.2) is 22.5 Å². The number of hydrogen-bond donors (Lipinski definition) is 2. The summed E-state index contributed by atoms with van der Waals surface area (Å²) in [6.45, 7) is 6.04. The van der Waals surface area contributed by atoms with E-state index in [1.807, 2.05) is 25.1 Å². The van der Waals surface area contributed by atoms with Crippen LogP contribution in [0, 0.1) is 17.0 Å². The van der Waals surface area contributed by atoms with Gasteiger partial charge in [0.15, 0.2) is 11.7 Å². The summed E-state index contributed by atoms with van der Waals surface area (Å²) in [4.78, 5) is 22.3. The Kier molecular flexibility index (Phi) is 6.84. The minimum Gasteiger partial charge on any atom is -0.484 e. The maximum atomic E-state index is 12.0. The van der Waals surface area contributed by atoms with Crippen molar-refractivity contribution in [1.82, 2.24) is 5.32 Å². The number of nitrogens with one attached hydrogen (secondary N) is 2. The van der Waals surface area contributed by atoms with Crippen molar-refractivity contribution in [2.24, 2.45) is 0 Å². The molecule has 2 rings (SSSR count). The van der Waals surface area contributed by atoms with Crippen molar-refractivity contribution in [2.45, 2.75) is 26.7 Å². The number of carbonyl (C=O) groups is 1. The minimum absolute atomic E-state index is 0.0374. The second-order valence-corrected chi connectivity index (χ2v) is 6.68. The third-order valence-corrected chi connectivity index (χ3v) is 4.01. The van der Waals surface area contributed by atoms with Crippen LogP contribution in [0.25, 0.3) is 0 Å². The monoisotopic (exact) mass is 387 g/mol. The van der Waals surface area contributed by atoms with Crippen LogP contribution in [0.1, 0.15) is 30.9 Å². The van der Waals surface area contributed by atoms with Crippen LogP contribution in [0.3, 0.4) is 0 Å². The Morgan fingerprint density at radius 1 is 1.26 bits per heavy atom. The van der Waals surface area contributed by atoms with E-state index in [0.717, 1.165) is 5.56 Å². The van der Waals surface area contributed by atoms with Gasteiger partial charge < -0.3 is 10.1 Å². The molecule has 2 aromatic carbocycles. The van der Waals surface area contributed by atoms with Gasteiger partial charge in [-0.15, -0.1) is 0 Å². The third-order valence-electron chi connectivity index (χ3n) is 3.80. The number of nitro benzene ring substituents is 1. The first-order valence-corrected chi connectivity index (χ1v) is 8.75. The van der Waals surface area contributed by atoms with Crippen LogP contribution in [0.15, 0.2) is 42.5 Å². The number of thiocarbonyl (C=S) groups is 1. The summed E-state index contributed by atoms with van der Waals surface area (Å²) < 4.78 is 5.50. The second kappa shape index (κ2) is 9.09. The maximum Gasteiger partial charge on any atom is 0.271 e. The minimum atomic E-state index is -0.507. The predicted molar refractivity (Wildman–Crippen MR) is 108 cm³/mol. The SMILES string of the molecule is Cc1cc(OCC(=O)NC(=S)Nc2cccc([N+](=O)[O-])c2)ccc1C(C)C. The molecule has 7 nitrogen and oxygen atoms in total. The quantitative estimate of drug-likeness (QED) is 0.443. The van der Waals surface area contributed by atoms with Gasteiger partial charge in [0, 0.05) is 17.8 Å². The maximum absolute atomic E-state index is 12.0. The fraction of sp³-hybridized carbons (Fsp3) is 0.263.